The van der Waals surface area contributed by atoms with E-state index in [2.05, 4.69) is 244 Å². The average Bonchev–Trinajstić information content (AvgIpc) is 4.02. The number of benzene rings is 9. The molecule has 9 aromatic carbocycles. The molecule has 2 aliphatic carbocycles. The van der Waals surface area contributed by atoms with Crippen molar-refractivity contribution in [2.75, 3.05) is 9.80 Å². The second-order valence-corrected chi connectivity index (χ2v) is 21.8. The zero-order valence-corrected chi connectivity index (χ0v) is 43.8. The highest BCUT2D eigenvalue weighted by Gasteiger charge is 2.42. The van der Waals surface area contributed by atoms with Crippen LogP contribution in [0.4, 0.5) is 34.1 Å². The van der Waals surface area contributed by atoms with Crippen molar-refractivity contribution in [3.63, 3.8) is 0 Å². The van der Waals surface area contributed by atoms with Gasteiger partial charge in [0.25, 0.3) is 0 Å². The maximum Gasteiger partial charge on any atom is 0.0956 e. The molecule has 0 fully saturated rings. The fourth-order valence-corrected chi connectivity index (χ4v) is 13.1. The highest BCUT2D eigenvalue weighted by Crippen LogP contribution is 2.58. The number of anilines is 6. The van der Waals surface area contributed by atoms with Crippen molar-refractivity contribution in [1.82, 2.24) is 19.9 Å². The van der Waals surface area contributed by atoms with E-state index >= 15 is 0 Å². The van der Waals surface area contributed by atoms with Crippen LogP contribution in [0.1, 0.15) is 49.9 Å². The zero-order valence-electron chi connectivity index (χ0n) is 43.8. The lowest BCUT2D eigenvalue weighted by Gasteiger charge is -2.28. The number of aromatic nitrogens is 4. The summed E-state index contributed by atoms with van der Waals surface area (Å²) in [6, 6.07) is 78.6. The Morgan fingerprint density at radius 3 is 0.936 bits per heavy atom. The first kappa shape index (κ1) is 45.6. The summed E-state index contributed by atoms with van der Waals surface area (Å²) in [7, 11) is 0. The highest BCUT2D eigenvalue weighted by atomic mass is 15.2. The van der Waals surface area contributed by atoms with Gasteiger partial charge in [-0.25, -0.2) is 0 Å². The van der Waals surface area contributed by atoms with Crippen LogP contribution in [0, 0.1) is 0 Å². The Labute approximate surface area is 453 Å². The summed E-state index contributed by atoms with van der Waals surface area (Å²) in [6.45, 7) is 9.58. The first-order valence-corrected chi connectivity index (χ1v) is 26.9. The molecule has 6 nitrogen and oxygen atoms in total. The molecular formula is C72H52N6. The Kier molecular flexibility index (Phi) is 10.2. The summed E-state index contributed by atoms with van der Waals surface area (Å²) >= 11 is 0. The van der Waals surface area contributed by atoms with E-state index in [9.17, 15) is 0 Å². The summed E-state index contributed by atoms with van der Waals surface area (Å²) in [6.07, 6.45) is 7.67. The van der Waals surface area contributed by atoms with Crippen molar-refractivity contribution in [2.24, 2.45) is 0 Å². The lowest BCUT2D eigenvalue weighted by atomic mass is 9.78. The van der Waals surface area contributed by atoms with E-state index in [0.717, 1.165) is 100.0 Å². The molecule has 0 radical (unpaired) electrons. The van der Waals surface area contributed by atoms with Crippen molar-refractivity contribution >= 4 is 77.7 Å². The Balaban J connectivity index is 0.855. The number of pyridine rings is 4. The number of fused-ring (bicyclic) bond motifs is 10. The summed E-state index contributed by atoms with van der Waals surface area (Å²) in [5.74, 6) is 0. The van der Waals surface area contributed by atoms with E-state index in [1.807, 2.05) is 36.9 Å². The molecule has 0 unspecified atom stereocenters. The van der Waals surface area contributed by atoms with Gasteiger partial charge in [0.2, 0.25) is 0 Å². The monoisotopic (exact) mass is 1000 g/mol. The fourth-order valence-electron chi connectivity index (χ4n) is 13.1. The van der Waals surface area contributed by atoms with Gasteiger partial charge in [-0.05, 0) is 165 Å². The Bertz CT molecular complexity index is 4070. The molecule has 4 heterocycles. The summed E-state index contributed by atoms with van der Waals surface area (Å²) < 4.78 is 0. The molecular weight excluding hydrogens is 949 g/mol. The molecule has 0 saturated carbocycles. The summed E-state index contributed by atoms with van der Waals surface area (Å²) in [4.78, 5) is 25.5. The first-order valence-electron chi connectivity index (χ1n) is 26.9. The maximum atomic E-state index is 5.21. The molecule has 0 bridgehead atoms. The quantitative estimate of drug-likeness (QED) is 0.141. The Morgan fingerprint density at radius 1 is 0.282 bits per heavy atom. The number of rotatable bonds is 8. The van der Waals surface area contributed by atoms with Gasteiger partial charge in [0.05, 0.1) is 33.4 Å². The SMILES string of the molecule is CC1(C)c2cc(-c3c4cccnc4c(N(c4ccccc4)c4ccccc4)c4cccnc34)ccc2-c2cc3c(cc21)-c1ccc(-c2c4cccnc4c(N(c4ccccc4)c4ccccc4)c4cccnc24)cc1C3(C)C. The second kappa shape index (κ2) is 17.4. The van der Waals surface area contributed by atoms with Crippen molar-refractivity contribution in [1.29, 1.82) is 0 Å². The molecule has 0 N–H and O–H groups in total. The Hall–Kier alpha value is -9.78. The largest absolute Gasteiger partial charge is 0.308 e. The third kappa shape index (κ3) is 6.75. The maximum absolute atomic E-state index is 5.21. The van der Waals surface area contributed by atoms with Gasteiger partial charge in [-0.3, -0.25) is 19.9 Å². The molecule has 370 valence electrons. The molecule has 0 amide bonds. The van der Waals surface area contributed by atoms with E-state index in [-0.39, 0.29) is 10.8 Å². The van der Waals surface area contributed by atoms with Crippen molar-refractivity contribution in [3.05, 3.63) is 265 Å². The smallest absolute Gasteiger partial charge is 0.0956 e. The minimum atomic E-state index is -0.289. The molecule has 0 aliphatic heterocycles. The van der Waals surface area contributed by atoms with Gasteiger partial charge >= 0.3 is 0 Å². The average molecular weight is 1000 g/mol. The fraction of sp³-hybridized carbons (Fsp3) is 0.0833. The normalized spacial score (nSPS) is 13.6. The molecule has 78 heavy (non-hydrogen) atoms. The van der Waals surface area contributed by atoms with Gasteiger partial charge in [0, 0.05) is 91.0 Å². The van der Waals surface area contributed by atoms with Gasteiger partial charge < -0.3 is 9.80 Å². The third-order valence-electron chi connectivity index (χ3n) is 16.8. The predicted molar refractivity (Wildman–Crippen MR) is 323 cm³/mol. The third-order valence-corrected chi connectivity index (χ3v) is 16.8. The molecule has 15 rings (SSSR count). The molecule has 2 aliphatic rings. The molecule has 0 atom stereocenters. The minimum absolute atomic E-state index is 0.289. The van der Waals surface area contributed by atoms with E-state index in [1.165, 1.54) is 44.5 Å². The lowest BCUT2D eigenvalue weighted by molar-refractivity contribution is 0.652. The second-order valence-electron chi connectivity index (χ2n) is 21.8. The summed E-state index contributed by atoms with van der Waals surface area (Å²) in [5.41, 5.74) is 24.3. The van der Waals surface area contributed by atoms with Crippen molar-refractivity contribution in [2.45, 2.75) is 38.5 Å². The van der Waals surface area contributed by atoms with Gasteiger partial charge in [0.1, 0.15) is 0 Å². The first-order chi connectivity index (χ1) is 38.3. The van der Waals surface area contributed by atoms with Crippen LogP contribution in [0.3, 0.4) is 0 Å². The molecule has 4 aromatic heterocycles. The predicted octanol–water partition coefficient (Wildman–Crippen LogP) is 18.8. The topological polar surface area (TPSA) is 58.0 Å². The van der Waals surface area contributed by atoms with Crippen molar-refractivity contribution < 1.29 is 0 Å². The number of hydrogen-bond donors (Lipinski definition) is 0. The number of para-hydroxylation sites is 4. The number of hydrogen-bond acceptors (Lipinski definition) is 6. The highest BCUT2D eigenvalue weighted by molar-refractivity contribution is 6.21. The van der Waals surface area contributed by atoms with Gasteiger partial charge in [-0.2, -0.15) is 0 Å². The van der Waals surface area contributed by atoms with Crippen LogP contribution in [0.2, 0.25) is 0 Å². The van der Waals surface area contributed by atoms with E-state index in [4.69, 9.17) is 19.9 Å². The van der Waals surface area contributed by atoms with E-state index in [0.29, 0.717) is 0 Å². The molecule has 0 saturated heterocycles. The van der Waals surface area contributed by atoms with Crippen LogP contribution in [0.25, 0.3) is 88.1 Å². The van der Waals surface area contributed by atoms with Crippen LogP contribution in [0.15, 0.2) is 243 Å². The van der Waals surface area contributed by atoms with Gasteiger partial charge in [-0.15, -0.1) is 0 Å². The number of nitrogens with zero attached hydrogens (tertiary/aromatic N) is 6. The van der Waals surface area contributed by atoms with Crippen LogP contribution in [-0.2, 0) is 10.8 Å². The lowest BCUT2D eigenvalue weighted by Crippen LogP contribution is -2.17. The van der Waals surface area contributed by atoms with Gasteiger partial charge in [0.15, 0.2) is 0 Å². The van der Waals surface area contributed by atoms with Gasteiger partial charge in [-0.1, -0.05) is 137 Å². The zero-order chi connectivity index (χ0) is 52.3. The molecule has 6 heteroatoms. The molecule has 13 aromatic rings. The Morgan fingerprint density at radius 2 is 0.590 bits per heavy atom. The van der Waals surface area contributed by atoms with Crippen LogP contribution >= 0.6 is 0 Å². The van der Waals surface area contributed by atoms with E-state index in [1.54, 1.807) is 0 Å². The van der Waals surface area contributed by atoms with E-state index < -0.39 is 0 Å². The molecule has 0 spiro atoms. The van der Waals surface area contributed by atoms with Crippen LogP contribution in [-0.4, -0.2) is 19.9 Å². The standard InChI is InChI=1S/C72H52N6/c1-71(2)59-41-45(63-53-29-17-39-75-67(53)69(55-31-19-37-73-65(55)63)77(47-21-9-5-10-22-47)48-23-11-6-12-24-48)33-35-51(59)57-44-62-58(43-61(57)71)52-36-34-46(42-60(52)72(62,3)4)64-54-30-18-40-76-68(54)70(56-32-20-38-74-66(56)64)78(49-25-13-7-14-26-49)50-27-15-8-16-28-50/h5-44H,1-4H3. The summed E-state index contributed by atoms with van der Waals surface area (Å²) in [5, 5.41) is 4.20. The minimum Gasteiger partial charge on any atom is -0.308 e. The van der Waals surface area contributed by atoms with Crippen LogP contribution in [0.5, 0.6) is 0 Å². The van der Waals surface area contributed by atoms with Crippen molar-refractivity contribution in [3.8, 4) is 44.5 Å². The van der Waals surface area contributed by atoms with Crippen LogP contribution < -0.4 is 9.80 Å².